The Balaban J connectivity index is 1.35. The molecular formula is C21H20N4O. The Morgan fingerprint density at radius 3 is 2.58 bits per heavy atom. The normalized spacial score (nSPS) is 10.8. The second kappa shape index (κ2) is 7.27. The number of aromatic nitrogens is 3. The SMILES string of the molecule is Cn1cnc2cnc(NCc3ccc(OCc4ccccc4)cc3)cc21. The molecule has 0 saturated carbocycles. The molecule has 1 N–H and O–H groups in total. The van der Waals surface area contributed by atoms with Crippen LogP contribution in [0.5, 0.6) is 5.75 Å². The molecule has 0 unspecified atom stereocenters. The fourth-order valence-corrected chi connectivity index (χ4v) is 2.76. The van der Waals surface area contributed by atoms with Crippen LogP contribution in [-0.4, -0.2) is 14.5 Å². The van der Waals surface area contributed by atoms with Gasteiger partial charge >= 0.3 is 0 Å². The molecular weight excluding hydrogens is 324 g/mol. The average Bonchev–Trinajstić information content (AvgIpc) is 3.07. The van der Waals surface area contributed by atoms with Crippen molar-refractivity contribution in [1.82, 2.24) is 14.5 Å². The van der Waals surface area contributed by atoms with E-state index in [0.717, 1.165) is 28.2 Å². The lowest BCUT2D eigenvalue weighted by Gasteiger charge is -2.09. The standard InChI is InChI=1S/C21H20N4O/c1-25-15-24-19-13-23-21(11-20(19)25)22-12-16-7-9-18(10-8-16)26-14-17-5-3-2-4-6-17/h2-11,13,15H,12,14H2,1H3,(H,22,23). The Hall–Kier alpha value is -3.34. The summed E-state index contributed by atoms with van der Waals surface area (Å²) >= 11 is 0. The number of rotatable bonds is 6. The highest BCUT2D eigenvalue weighted by Crippen LogP contribution is 2.17. The lowest BCUT2D eigenvalue weighted by molar-refractivity contribution is 0.306. The summed E-state index contributed by atoms with van der Waals surface area (Å²) in [5, 5.41) is 3.35. The number of aryl methyl sites for hydroxylation is 1. The van der Waals surface area contributed by atoms with Crippen molar-refractivity contribution >= 4 is 16.9 Å². The molecule has 2 heterocycles. The third-order valence-corrected chi connectivity index (χ3v) is 4.26. The quantitative estimate of drug-likeness (QED) is 0.571. The van der Waals surface area contributed by atoms with Crippen molar-refractivity contribution in [2.75, 3.05) is 5.32 Å². The third-order valence-electron chi connectivity index (χ3n) is 4.26. The molecule has 0 aliphatic rings. The summed E-state index contributed by atoms with van der Waals surface area (Å²) in [6.45, 7) is 1.28. The number of ether oxygens (including phenoxy) is 1. The largest absolute Gasteiger partial charge is 0.489 e. The Morgan fingerprint density at radius 2 is 1.77 bits per heavy atom. The Labute approximate surface area is 152 Å². The van der Waals surface area contributed by atoms with Crippen LogP contribution >= 0.6 is 0 Å². The number of benzene rings is 2. The fourth-order valence-electron chi connectivity index (χ4n) is 2.76. The van der Waals surface area contributed by atoms with Gasteiger partial charge in [0, 0.05) is 19.7 Å². The summed E-state index contributed by atoms with van der Waals surface area (Å²) in [6, 6.07) is 20.3. The molecule has 0 saturated heterocycles. The minimum atomic E-state index is 0.576. The summed E-state index contributed by atoms with van der Waals surface area (Å²) in [7, 11) is 1.98. The number of nitrogens with one attached hydrogen (secondary N) is 1. The molecule has 0 spiro atoms. The van der Waals surface area contributed by atoms with Crippen molar-refractivity contribution in [1.29, 1.82) is 0 Å². The monoisotopic (exact) mass is 344 g/mol. The molecule has 2 aromatic heterocycles. The first kappa shape index (κ1) is 16.1. The van der Waals surface area contributed by atoms with E-state index in [9.17, 15) is 0 Å². The zero-order valence-electron chi connectivity index (χ0n) is 14.6. The van der Waals surface area contributed by atoms with Crippen molar-refractivity contribution in [3.05, 3.63) is 84.3 Å². The fraction of sp³-hybridized carbons (Fsp3) is 0.143. The first-order valence-electron chi connectivity index (χ1n) is 8.54. The highest BCUT2D eigenvalue weighted by molar-refractivity contribution is 5.77. The van der Waals surface area contributed by atoms with Crippen LogP contribution in [0, 0.1) is 0 Å². The van der Waals surface area contributed by atoms with Crippen LogP contribution in [0.2, 0.25) is 0 Å². The lowest BCUT2D eigenvalue weighted by atomic mass is 10.2. The number of nitrogens with zero attached hydrogens (tertiary/aromatic N) is 3. The minimum Gasteiger partial charge on any atom is -0.489 e. The molecule has 0 bridgehead atoms. The van der Waals surface area contributed by atoms with E-state index in [1.165, 1.54) is 5.56 Å². The number of hydrogen-bond donors (Lipinski definition) is 1. The maximum atomic E-state index is 5.82. The number of fused-ring (bicyclic) bond motifs is 1. The summed E-state index contributed by atoms with van der Waals surface area (Å²) < 4.78 is 7.81. The number of pyridine rings is 1. The van der Waals surface area contributed by atoms with Crippen LogP contribution in [0.25, 0.3) is 11.0 Å². The van der Waals surface area contributed by atoms with Gasteiger partial charge in [-0.15, -0.1) is 0 Å². The van der Waals surface area contributed by atoms with Gasteiger partial charge in [-0.05, 0) is 23.3 Å². The molecule has 0 aliphatic heterocycles. The highest BCUT2D eigenvalue weighted by atomic mass is 16.5. The zero-order chi connectivity index (χ0) is 17.8. The lowest BCUT2D eigenvalue weighted by Crippen LogP contribution is -2.02. The smallest absolute Gasteiger partial charge is 0.128 e. The molecule has 0 aliphatic carbocycles. The van der Waals surface area contributed by atoms with Crippen LogP contribution < -0.4 is 10.1 Å². The van der Waals surface area contributed by atoms with Crippen molar-refractivity contribution in [2.24, 2.45) is 7.05 Å². The van der Waals surface area contributed by atoms with Crippen molar-refractivity contribution in [3.8, 4) is 5.75 Å². The molecule has 26 heavy (non-hydrogen) atoms. The molecule has 0 radical (unpaired) electrons. The predicted molar refractivity (Wildman–Crippen MR) is 103 cm³/mol. The van der Waals surface area contributed by atoms with Crippen LogP contribution in [0.3, 0.4) is 0 Å². The van der Waals surface area contributed by atoms with Gasteiger partial charge in [0.25, 0.3) is 0 Å². The van der Waals surface area contributed by atoms with Gasteiger partial charge in [-0.25, -0.2) is 9.97 Å². The van der Waals surface area contributed by atoms with Gasteiger partial charge in [0.2, 0.25) is 0 Å². The Bertz CT molecular complexity index is 994. The molecule has 5 heteroatoms. The van der Waals surface area contributed by atoms with E-state index in [2.05, 4.69) is 39.6 Å². The van der Waals surface area contributed by atoms with E-state index < -0.39 is 0 Å². The molecule has 4 aromatic rings. The van der Waals surface area contributed by atoms with Crippen LogP contribution in [-0.2, 0) is 20.2 Å². The summed E-state index contributed by atoms with van der Waals surface area (Å²) in [5.74, 6) is 1.71. The Morgan fingerprint density at radius 1 is 0.962 bits per heavy atom. The van der Waals surface area contributed by atoms with E-state index in [1.807, 2.05) is 48.0 Å². The topological polar surface area (TPSA) is 52.0 Å². The Kier molecular flexibility index (Phi) is 4.51. The molecule has 0 fully saturated rings. The summed E-state index contributed by atoms with van der Waals surface area (Å²) in [6.07, 6.45) is 3.59. The molecule has 4 rings (SSSR count). The number of hydrogen-bond acceptors (Lipinski definition) is 4. The van der Waals surface area contributed by atoms with E-state index in [-0.39, 0.29) is 0 Å². The summed E-state index contributed by atoms with van der Waals surface area (Å²) in [5.41, 5.74) is 4.30. The average molecular weight is 344 g/mol. The van der Waals surface area contributed by atoms with Gasteiger partial charge in [0.05, 0.1) is 18.0 Å². The van der Waals surface area contributed by atoms with Crippen molar-refractivity contribution < 1.29 is 4.74 Å². The van der Waals surface area contributed by atoms with Crippen LogP contribution in [0.1, 0.15) is 11.1 Å². The van der Waals surface area contributed by atoms with E-state index in [0.29, 0.717) is 13.2 Å². The third kappa shape index (κ3) is 3.67. The molecule has 130 valence electrons. The van der Waals surface area contributed by atoms with E-state index in [4.69, 9.17) is 4.74 Å². The second-order valence-electron chi connectivity index (χ2n) is 6.19. The van der Waals surface area contributed by atoms with Gasteiger partial charge < -0.3 is 14.6 Å². The van der Waals surface area contributed by atoms with Gasteiger partial charge in [0.15, 0.2) is 0 Å². The second-order valence-corrected chi connectivity index (χ2v) is 6.19. The van der Waals surface area contributed by atoms with Gasteiger partial charge in [-0.3, -0.25) is 0 Å². The minimum absolute atomic E-state index is 0.576. The van der Waals surface area contributed by atoms with Crippen molar-refractivity contribution in [3.63, 3.8) is 0 Å². The van der Waals surface area contributed by atoms with Crippen LogP contribution in [0.15, 0.2) is 73.2 Å². The van der Waals surface area contributed by atoms with Gasteiger partial charge in [-0.2, -0.15) is 0 Å². The molecule has 0 atom stereocenters. The highest BCUT2D eigenvalue weighted by Gasteiger charge is 2.03. The van der Waals surface area contributed by atoms with Crippen LogP contribution in [0.4, 0.5) is 5.82 Å². The maximum Gasteiger partial charge on any atom is 0.128 e. The van der Waals surface area contributed by atoms with Gasteiger partial charge in [-0.1, -0.05) is 42.5 Å². The molecule has 2 aromatic carbocycles. The first-order valence-corrected chi connectivity index (χ1v) is 8.54. The van der Waals surface area contributed by atoms with E-state index >= 15 is 0 Å². The summed E-state index contributed by atoms with van der Waals surface area (Å²) in [4.78, 5) is 8.69. The predicted octanol–water partition coefficient (Wildman–Crippen LogP) is 4.16. The van der Waals surface area contributed by atoms with Crippen molar-refractivity contribution in [2.45, 2.75) is 13.2 Å². The van der Waals surface area contributed by atoms with E-state index in [1.54, 1.807) is 12.5 Å². The number of anilines is 1. The van der Waals surface area contributed by atoms with Gasteiger partial charge in [0.1, 0.15) is 23.7 Å². The maximum absolute atomic E-state index is 5.82. The molecule has 0 amide bonds. The number of imidazole rings is 1. The zero-order valence-corrected chi connectivity index (χ0v) is 14.6. The molecule has 5 nitrogen and oxygen atoms in total. The first-order chi connectivity index (χ1) is 12.8.